The van der Waals surface area contributed by atoms with E-state index in [4.69, 9.17) is 18.3 Å². The number of carbonyl (C=O) groups excluding carboxylic acids is 1. The number of alkyl halides is 2. The number of benzene rings is 2. The Hall–Kier alpha value is -9.02. The molecule has 2 N–H and O–H groups in total. The first-order chi connectivity index (χ1) is 39.3. The lowest BCUT2D eigenvalue weighted by molar-refractivity contribution is 0.0661. The van der Waals surface area contributed by atoms with Crippen LogP contribution in [0, 0.1) is 22.7 Å². The van der Waals surface area contributed by atoms with Crippen molar-refractivity contribution in [3.8, 4) is 68.8 Å². The number of nitrogens with one attached hydrogen (secondary N) is 1. The van der Waals surface area contributed by atoms with Gasteiger partial charge in [0, 0.05) is 127 Å². The van der Waals surface area contributed by atoms with Crippen LogP contribution in [0.5, 0.6) is 11.5 Å². The van der Waals surface area contributed by atoms with E-state index in [1.165, 1.54) is 39.6 Å². The number of carbonyl (C=O) groups is 2. The second-order valence-corrected chi connectivity index (χ2v) is 20.2. The van der Waals surface area contributed by atoms with E-state index >= 15 is 0 Å². The predicted octanol–water partition coefficient (Wildman–Crippen LogP) is 8.58. The molecule has 4 fully saturated rings. The maximum Gasteiger partial charge on any atom is 0.337 e. The SMILES string of the molecule is CN1CCNCC1.COc1cc(C(=O)N2CCN(C)CC2)cnc1-c1cc2nccc(-c3ccc(N4CCC(F)C4)c(C#N)c3)c2o1.COc1cc(C(=O)O)cnc1-c1cc2nccc(-c3ccc(N4CCC(F)C4)c(C#N)c3)c2o1. The van der Waals surface area contributed by atoms with Crippen LogP contribution in [-0.2, 0) is 0 Å². The van der Waals surface area contributed by atoms with Crippen molar-refractivity contribution in [3.05, 3.63) is 120 Å². The Kier molecular flexibility index (Phi) is 16.8. The molecule has 0 bridgehead atoms. The Balaban J connectivity index is 0.000000164. The summed E-state index contributed by atoms with van der Waals surface area (Å²) in [5.74, 6) is 0.313. The molecule has 0 spiro atoms. The Morgan fingerprint density at radius 2 is 1.10 bits per heavy atom. The third-order valence-electron chi connectivity index (χ3n) is 14.9. The Bertz CT molecular complexity index is 3690. The highest BCUT2D eigenvalue weighted by Gasteiger charge is 2.28. The van der Waals surface area contributed by atoms with Gasteiger partial charge in [0.05, 0.1) is 47.8 Å². The highest BCUT2D eigenvalue weighted by Crippen LogP contribution is 2.40. The number of ether oxygens (including phenoxy) is 2. The molecule has 4 aliphatic heterocycles. The van der Waals surface area contributed by atoms with Crippen LogP contribution in [-0.4, -0.2) is 171 Å². The number of hydrogen-bond acceptors (Lipinski definition) is 17. The molecule has 21 heteroatoms. The first kappa shape index (κ1) is 55.3. The number of pyridine rings is 4. The van der Waals surface area contributed by atoms with Gasteiger partial charge < -0.3 is 53.2 Å². The molecule has 2 unspecified atom stereocenters. The van der Waals surface area contributed by atoms with Crippen molar-refractivity contribution in [2.24, 2.45) is 0 Å². The number of rotatable bonds is 10. The first-order valence-electron chi connectivity index (χ1n) is 26.7. The first-order valence-corrected chi connectivity index (χ1v) is 26.7. The van der Waals surface area contributed by atoms with E-state index in [0.717, 1.165) is 54.1 Å². The number of aromatic carboxylic acids is 1. The van der Waals surface area contributed by atoms with E-state index in [9.17, 15) is 34.0 Å². The minimum atomic E-state index is -1.11. The molecule has 4 saturated heterocycles. The molecular formula is C60H60F2N12O7. The van der Waals surface area contributed by atoms with E-state index < -0.39 is 18.3 Å². The predicted molar refractivity (Wildman–Crippen MR) is 302 cm³/mol. The monoisotopic (exact) mass is 1100 g/mol. The standard InChI is InChI=1S/C30H29FN6O3.C25H19FN4O4.C5H12N2/c1-35-9-11-36(12-10-35)30(38)21-14-26(39-2)28(34-17-21)27-15-24-29(40-27)23(5-7-33-24)19-3-4-25(20(13-19)16-32)37-8-6-22(31)18-37;1-33-21-9-16(25(31)32)12-29-23(21)22-10-19-24(34-22)18(4-6-28-19)14-2-3-20(15(8-14)11-27)30-7-5-17(26)13-30;1-7-4-2-6-3-5-7/h3-5,7,13-15,17,22H,6,8-12,18H2,1-2H3;2-4,6,8-10,12,17H,5,7,13H2,1H3,(H,31,32);6H,2-5H2,1H3. The van der Waals surface area contributed by atoms with Crippen LogP contribution in [0.15, 0.2) is 106 Å². The van der Waals surface area contributed by atoms with Crippen molar-refractivity contribution in [1.82, 2.24) is 40.0 Å². The minimum absolute atomic E-state index is 0.00303. The normalized spacial score (nSPS) is 17.5. The average molecular weight is 1100 g/mol. The van der Waals surface area contributed by atoms with E-state index in [-0.39, 0.29) is 23.8 Å². The van der Waals surface area contributed by atoms with Gasteiger partial charge in [-0.15, -0.1) is 0 Å². The molecule has 6 aromatic heterocycles. The van der Waals surface area contributed by atoms with Gasteiger partial charge in [-0.05, 0) is 86.6 Å². The molecule has 8 aromatic rings. The summed E-state index contributed by atoms with van der Waals surface area (Å²) in [4.78, 5) is 52.1. The number of fused-ring (bicyclic) bond motifs is 2. The second-order valence-electron chi connectivity index (χ2n) is 20.2. The van der Waals surface area contributed by atoms with Crippen molar-refractivity contribution in [3.63, 3.8) is 0 Å². The topological polar surface area (TPSA) is 226 Å². The smallest absolute Gasteiger partial charge is 0.337 e. The van der Waals surface area contributed by atoms with Gasteiger partial charge in [0.2, 0.25) is 0 Å². The van der Waals surface area contributed by atoms with Crippen molar-refractivity contribution >= 4 is 45.5 Å². The van der Waals surface area contributed by atoms with Crippen LogP contribution in [0.2, 0.25) is 0 Å². The molecule has 19 nitrogen and oxygen atoms in total. The number of hydrogen-bond donors (Lipinski definition) is 2. The lowest BCUT2D eigenvalue weighted by Crippen LogP contribution is -2.47. The van der Waals surface area contributed by atoms with Gasteiger partial charge in [-0.1, -0.05) is 12.1 Å². The molecule has 10 heterocycles. The lowest BCUT2D eigenvalue weighted by atomic mass is 10.0. The summed E-state index contributed by atoms with van der Waals surface area (Å²) in [5.41, 5.74) is 8.91. The summed E-state index contributed by atoms with van der Waals surface area (Å²) < 4.78 is 50.8. The van der Waals surface area contributed by atoms with E-state index in [1.807, 2.05) is 52.1 Å². The lowest BCUT2D eigenvalue weighted by Gasteiger charge is -2.32. The summed E-state index contributed by atoms with van der Waals surface area (Å²) in [6.45, 7) is 9.48. The summed E-state index contributed by atoms with van der Waals surface area (Å²) in [5, 5.41) is 32.1. The third-order valence-corrected chi connectivity index (χ3v) is 14.9. The van der Waals surface area contributed by atoms with Crippen LogP contribution in [0.25, 0.3) is 67.4 Å². The molecule has 0 radical (unpaired) electrons. The van der Waals surface area contributed by atoms with Crippen LogP contribution < -0.4 is 24.6 Å². The number of carboxylic acid groups (broad SMARTS) is 1. The Labute approximate surface area is 466 Å². The largest absolute Gasteiger partial charge is 0.494 e. The van der Waals surface area contributed by atoms with Gasteiger partial charge in [0.25, 0.3) is 5.91 Å². The zero-order valence-corrected chi connectivity index (χ0v) is 45.4. The molecule has 416 valence electrons. The van der Waals surface area contributed by atoms with Crippen molar-refractivity contribution in [2.75, 3.05) is 117 Å². The van der Waals surface area contributed by atoms with E-state index in [2.05, 4.69) is 54.2 Å². The summed E-state index contributed by atoms with van der Waals surface area (Å²) in [6, 6.07) is 25.7. The maximum atomic E-state index is 13.8. The number of aromatic nitrogens is 4. The molecule has 2 aromatic carbocycles. The number of halogens is 2. The third kappa shape index (κ3) is 12.1. The average Bonchev–Trinajstić information content (AvgIpc) is 4.50. The summed E-state index contributed by atoms with van der Waals surface area (Å²) in [7, 11) is 7.16. The zero-order valence-electron chi connectivity index (χ0n) is 45.4. The van der Waals surface area contributed by atoms with Gasteiger partial charge in [0.1, 0.15) is 58.4 Å². The Morgan fingerprint density at radius 3 is 1.52 bits per heavy atom. The number of piperazine rings is 2. The molecule has 81 heavy (non-hydrogen) atoms. The number of methoxy groups -OCH3 is 2. The molecule has 1 amide bonds. The number of nitrogens with zero attached hydrogens (tertiary/aromatic N) is 11. The molecule has 12 rings (SSSR count). The number of amides is 1. The van der Waals surface area contributed by atoms with Crippen LogP contribution in [0.1, 0.15) is 44.7 Å². The molecular weight excluding hydrogens is 1040 g/mol. The highest BCUT2D eigenvalue weighted by atomic mass is 19.1. The molecule has 0 saturated carbocycles. The van der Waals surface area contributed by atoms with Crippen molar-refractivity contribution < 1.29 is 41.8 Å². The fourth-order valence-corrected chi connectivity index (χ4v) is 10.3. The number of furan rings is 2. The zero-order chi connectivity index (χ0) is 56.7. The highest BCUT2D eigenvalue weighted by molar-refractivity contribution is 5.97. The number of likely N-dealkylation sites (N-methyl/N-ethyl adjacent to an activating group) is 2. The Morgan fingerprint density at radius 1 is 0.630 bits per heavy atom. The molecule has 2 atom stereocenters. The van der Waals surface area contributed by atoms with Gasteiger partial charge in [-0.25, -0.2) is 23.5 Å². The van der Waals surface area contributed by atoms with E-state index in [1.54, 1.807) is 55.0 Å². The number of nitriles is 2. The van der Waals surface area contributed by atoms with Crippen LogP contribution >= 0.6 is 0 Å². The number of carboxylic acids is 1. The minimum Gasteiger partial charge on any atom is -0.494 e. The second kappa shape index (κ2) is 24.6. The maximum absolute atomic E-state index is 13.8. The van der Waals surface area contributed by atoms with Gasteiger partial charge >= 0.3 is 5.97 Å². The van der Waals surface area contributed by atoms with Gasteiger partial charge in [-0.2, -0.15) is 10.5 Å². The van der Waals surface area contributed by atoms with Crippen LogP contribution in [0.4, 0.5) is 20.2 Å². The fraction of sp³-hybridized carbons (Fsp3) is 0.333. The van der Waals surface area contributed by atoms with Crippen LogP contribution in [0.3, 0.4) is 0 Å². The quantitative estimate of drug-likeness (QED) is 0.131. The van der Waals surface area contributed by atoms with Crippen molar-refractivity contribution in [2.45, 2.75) is 25.2 Å². The van der Waals surface area contributed by atoms with E-state index in [0.29, 0.717) is 119 Å². The summed E-state index contributed by atoms with van der Waals surface area (Å²) >= 11 is 0. The molecule has 0 aliphatic carbocycles. The van der Waals surface area contributed by atoms with Gasteiger partial charge in [-0.3, -0.25) is 14.8 Å². The van der Waals surface area contributed by atoms with Crippen molar-refractivity contribution in [1.29, 1.82) is 10.5 Å². The summed E-state index contributed by atoms with van der Waals surface area (Å²) in [6.07, 6.45) is 5.28. The molecule has 4 aliphatic rings. The van der Waals surface area contributed by atoms with Gasteiger partial charge in [0.15, 0.2) is 22.7 Å². The fourth-order valence-electron chi connectivity index (χ4n) is 10.3. The number of anilines is 2.